The molecule has 27 heavy (non-hydrogen) atoms. The lowest BCUT2D eigenvalue weighted by Gasteiger charge is -2.27. The molecule has 0 radical (unpaired) electrons. The van der Waals surface area contributed by atoms with E-state index in [-0.39, 0.29) is 12.4 Å². The average molecular weight is 371 g/mol. The number of Topliss-reactive ketones (excluding diaryl/α,β-unsaturated/α-hetero) is 1. The van der Waals surface area contributed by atoms with Crippen LogP contribution in [-0.4, -0.2) is 43.8 Å². The average Bonchev–Trinajstić information content (AvgIpc) is 2.64. The highest BCUT2D eigenvalue weighted by atomic mass is 16.5. The fourth-order valence-electron chi connectivity index (χ4n) is 3.06. The van der Waals surface area contributed by atoms with Crippen LogP contribution in [0.2, 0.25) is 0 Å². The maximum absolute atomic E-state index is 11.5. The van der Waals surface area contributed by atoms with Gasteiger partial charge in [-0.2, -0.15) is 0 Å². The third kappa shape index (κ3) is 5.47. The number of carbonyl (C=O) groups is 1. The summed E-state index contributed by atoms with van der Waals surface area (Å²) in [7, 11) is 1.53. The van der Waals surface area contributed by atoms with Crippen molar-refractivity contribution in [3.05, 3.63) is 53.1 Å². The van der Waals surface area contributed by atoms with Gasteiger partial charge >= 0.3 is 0 Å². The molecule has 0 bridgehead atoms. The van der Waals surface area contributed by atoms with Crippen LogP contribution in [0.3, 0.4) is 0 Å². The summed E-state index contributed by atoms with van der Waals surface area (Å²) >= 11 is 0. The molecule has 0 saturated carbocycles. The van der Waals surface area contributed by atoms with E-state index in [2.05, 4.69) is 43.9 Å². The minimum atomic E-state index is -0.664. The third-order valence-corrected chi connectivity index (χ3v) is 4.51. The minimum absolute atomic E-state index is 0.0352. The Kier molecular flexibility index (Phi) is 7.25. The van der Waals surface area contributed by atoms with E-state index in [0.717, 1.165) is 12.2 Å². The van der Waals surface area contributed by atoms with Gasteiger partial charge in [-0.1, -0.05) is 17.7 Å². The van der Waals surface area contributed by atoms with E-state index in [9.17, 15) is 9.90 Å². The van der Waals surface area contributed by atoms with Crippen molar-refractivity contribution in [2.24, 2.45) is 0 Å². The van der Waals surface area contributed by atoms with Gasteiger partial charge in [0.25, 0.3) is 0 Å². The van der Waals surface area contributed by atoms with Crippen molar-refractivity contribution in [3.8, 4) is 11.5 Å². The van der Waals surface area contributed by atoms with Crippen molar-refractivity contribution in [2.75, 3.05) is 31.7 Å². The zero-order valence-corrected chi connectivity index (χ0v) is 16.8. The summed E-state index contributed by atoms with van der Waals surface area (Å²) in [5.41, 5.74) is 4.08. The minimum Gasteiger partial charge on any atom is -0.493 e. The van der Waals surface area contributed by atoms with Crippen molar-refractivity contribution in [2.45, 2.75) is 33.8 Å². The molecule has 0 spiro atoms. The fraction of sp³-hybridized carbons (Fsp3) is 0.409. The van der Waals surface area contributed by atoms with Gasteiger partial charge in [0.15, 0.2) is 17.3 Å². The molecule has 2 aromatic rings. The Balaban J connectivity index is 2.02. The summed E-state index contributed by atoms with van der Waals surface area (Å²) in [6.45, 7) is 9.11. The molecule has 0 aliphatic heterocycles. The largest absolute Gasteiger partial charge is 0.493 e. The van der Waals surface area contributed by atoms with Crippen molar-refractivity contribution in [3.63, 3.8) is 0 Å². The summed E-state index contributed by atoms with van der Waals surface area (Å²) in [6, 6.07) is 11.4. The quantitative estimate of drug-likeness (QED) is 0.680. The number of likely N-dealkylation sites (N-methyl/N-ethyl adjacent to an activating group) is 1. The molecule has 1 unspecified atom stereocenters. The second-order valence-corrected chi connectivity index (χ2v) is 6.72. The second kappa shape index (κ2) is 9.42. The molecule has 0 saturated heterocycles. The van der Waals surface area contributed by atoms with Crippen LogP contribution in [0.4, 0.5) is 5.69 Å². The van der Waals surface area contributed by atoms with Crippen molar-refractivity contribution >= 4 is 11.5 Å². The van der Waals surface area contributed by atoms with E-state index >= 15 is 0 Å². The lowest BCUT2D eigenvalue weighted by molar-refractivity contribution is 0.101. The third-order valence-electron chi connectivity index (χ3n) is 4.51. The van der Waals surface area contributed by atoms with E-state index in [1.54, 1.807) is 18.2 Å². The van der Waals surface area contributed by atoms with Crippen LogP contribution in [0.15, 0.2) is 36.4 Å². The first-order chi connectivity index (χ1) is 12.8. The number of rotatable bonds is 9. The maximum atomic E-state index is 11.5. The van der Waals surface area contributed by atoms with Crippen molar-refractivity contribution in [1.82, 2.24) is 0 Å². The highest BCUT2D eigenvalue weighted by Gasteiger charge is 2.15. The van der Waals surface area contributed by atoms with Gasteiger partial charge in [-0.05, 0) is 57.5 Å². The Labute approximate surface area is 161 Å². The number of methoxy groups -OCH3 is 1. The molecule has 5 heteroatoms. The first-order valence-electron chi connectivity index (χ1n) is 9.17. The molecule has 2 rings (SSSR count). The van der Waals surface area contributed by atoms with Crippen LogP contribution in [0.5, 0.6) is 11.5 Å². The highest BCUT2D eigenvalue weighted by molar-refractivity contribution is 5.94. The Bertz CT molecular complexity index is 788. The smallest absolute Gasteiger partial charge is 0.161 e. The maximum Gasteiger partial charge on any atom is 0.161 e. The summed E-state index contributed by atoms with van der Waals surface area (Å²) in [5, 5.41) is 10.5. The van der Waals surface area contributed by atoms with E-state index in [4.69, 9.17) is 9.47 Å². The number of aliphatic hydroxyl groups is 1. The van der Waals surface area contributed by atoms with Crippen LogP contribution < -0.4 is 14.4 Å². The first kappa shape index (κ1) is 20.8. The molecule has 0 heterocycles. The second-order valence-electron chi connectivity index (χ2n) is 6.72. The lowest BCUT2D eigenvalue weighted by Crippen LogP contribution is -2.36. The molecule has 2 aromatic carbocycles. The zero-order valence-electron chi connectivity index (χ0n) is 16.8. The number of aryl methyl sites for hydroxylation is 2. The van der Waals surface area contributed by atoms with E-state index < -0.39 is 6.10 Å². The summed E-state index contributed by atoms with van der Waals surface area (Å²) in [5.74, 6) is 0.958. The van der Waals surface area contributed by atoms with Crippen LogP contribution in [-0.2, 0) is 0 Å². The Morgan fingerprint density at radius 2 is 1.89 bits per heavy atom. The number of benzene rings is 2. The molecule has 0 aromatic heterocycles. The van der Waals surface area contributed by atoms with Gasteiger partial charge in [-0.15, -0.1) is 0 Å². The van der Waals surface area contributed by atoms with Gasteiger partial charge in [-0.3, -0.25) is 4.79 Å². The molecular formula is C22H29NO4. The topological polar surface area (TPSA) is 59.0 Å². The molecule has 0 amide bonds. The number of ether oxygens (including phenoxy) is 2. The summed E-state index contributed by atoms with van der Waals surface area (Å²) < 4.78 is 11.0. The standard InChI is InChI=1S/C22H29NO4/c1-6-23(20-9-7-15(2)11-16(20)3)13-19(25)14-27-21-10-8-18(17(4)24)12-22(21)26-5/h7-12,19,25H,6,13-14H2,1-5H3. The van der Waals surface area contributed by atoms with E-state index in [1.807, 2.05) is 0 Å². The molecular weight excluding hydrogens is 342 g/mol. The van der Waals surface area contributed by atoms with Crippen LogP contribution in [0.25, 0.3) is 0 Å². The molecule has 146 valence electrons. The normalized spacial score (nSPS) is 11.8. The van der Waals surface area contributed by atoms with E-state index in [0.29, 0.717) is 23.6 Å². The number of ketones is 1. The number of nitrogens with zero attached hydrogens (tertiary/aromatic N) is 1. The monoisotopic (exact) mass is 371 g/mol. The van der Waals surface area contributed by atoms with Crippen molar-refractivity contribution < 1.29 is 19.4 Å². The molecule has 1 atom stereocenters. The lowest BCUT2D eigenvalue weighted by atomic mass is 10.1. The number of hydrogen-bond donors (Lipinski definition) is 1. The van der Waals surface area contributed by atoms with Crippen molar-refractivity contribution in [1.29, 1.82) is 0 Å². The molecule has 0 aliphatic rings. The Morgan fingerprint density at radius 1 is 1.15 bits per heavy atom. The van der Waals surface area contributed by atoms with E-state index in [1.165, 1.54) is 25.2 Å². The van der Waals surface area contributed by atoms with Gasteiger partial charge in [0, 0.05) is 24.3 Å². The molecule has 1 N–H and O–H groups in total. The predicted molar refractivity (Wildman–Crippen MR) is 108 cm³/mol. The van der Waals surface area contributed by atoms with Crippen LogP contribution >= 0.6 is 0 Å². The summed E-state index contributed by atoms with van der Waals surface area (Å²) in [4.78, 5) is 13.6. The first-order valence-corrected chi connectivity index (χ1v) is 9.17. The number of carbonyl (C=O) groups excluding carboxylic acids is 1. The molecule has 0 fully saturated rings. The number of hydrogen-bond acceptors (Lipinski definition) is 5. The van der Waals surface area contributed by atoms with Gasteiger partial charge < -0.3 is 19.5 Å². The van der Waals surface area contributed by atoms with Gasteiger partial charge in [0.05, 0.1) is 7.11 Å². The van der Waals surface area contributed by atoms with Crippen LogP contribution in [0.1, 0.15) is 35.3 Å². The summed E-state index contributed by atoms with van der Waals surface area (Å²) in [6.07, 6.45) is -0.664. The Hall–Kier alpha value is -2.53. The predicted octanol–water partition coefficient (Wildman–Crippen LogP) is 3.78. The molecule has 0 aliphatic carbocycles. The number of aliphatic hydroxyl groups excluding tert-OH is 1. The van der Waals surface area contributed by atoms with Gasteiger partial charge in [0.1, 0.15) is 12.7 Å². The fourth-order valence-corrected chi connectivity index (χ4v) is 3.06. The number of anilines is 1. The van der Waals surface area contributed by atoms with Gasteiger partial charge in [0.2, 0.25) is 0 Å². The van der Waals surface area contributed by atoms with Gasteiger partial charge in [-0.25, -0.2) is 0 Å². The SMILES string of the molecule is CCN(CC(O)COc1ccc(C(C)=O)cc1OC)c1ccc(C)cc1C. The van der Waals surface area contributed by atoms with Crippen LogP contribution in [0, 0.1) is 13.8 Å². The zero-order chi connectivity index (χ0) is 20.0. The highest BCUT2D eigenvalue weighted by Crippen LogP contribution is 2.28. The molecule has 5 nitrogen and oxygen atoms in total. The Morgan fingerprint density at radius 3 is 2.48 bits per heavy atom.